The summed E-state index contributed by atoms with van der Waals surface area (Å²) in [5, 5.41) is 0.811. The van der Waals surface area contributed by atoms with Gasteiger partial charge in [-0.05, 0) is 33.6 Å². The lowest BCUT2D eigenvalue weighted by atomic mass is 9.82. The Hall–Kier alpha value is -0.460. The maximum atomic E-state index is 12.1. The van der Waals surface area contributed by atoms with Gasteiger partial charge in [0.2, 0.25) is 10.0 Å². The van der Waals surface area contributed by atoms with Gasteiger partial charge in [-0.3, -0.25) is 0 Å². The molecule has 1 fully saturated rings. The fourth-order valence-electron chi connectivity index (χ4n) is 2.38. The lowest BCUT2D eigenvalue weighted by Crippen LogP contribution is -2.46. The number of thiazole rings is 1. The maximum Gasteiger partial charge on any atom is 0.216 e. The molecule has 0 radical (unpaired) electrons. The van der Waals surface area contributed by atoms with Crippen LogP contribution in [0.5, 0.6) is 0 Å². The van der Waals surface area contributed by atoms with Gasteiger partial charge in [0.1, 0.15) is 0 Å². The molecule has 1 aliphatic rings. The van der Waals surface area contributed by atoms with Gasteiger partial charge in [-0.15, -0.1) is 11.3 Å². The van der Waals surface area contributed by atoms with E-state index >= 15 is 0 Å². The number of sulfonamides is 1. The Morgan fingerprint density at radius 3 is 2.37 bits per heavy atom. The van der Waals surface area contributed by atoms with Crippen molar-refractivity contribution in [3.8, 4) is 0 Å². The highest BCUT2D eigenvalue weighted by atomic mass is 32.2. The van der Waals surface area contributed by atoms with Crippen LogP contribution in [-0.4, -0.2) is 36.0 Å². The van der Waals surface area contributed by atoms with Crippen molar-refractivity contribution in [3.63, 3.8) is 0 Å². The van der Waals surface area contributed by atoms with E-state index in [4.69, 9.17) is 0 Å². The van der Waals surface area contributed by atoms with Crippen LogP contribution in [-0.2, 0) is 15.4 Å². The van der Waals surface area contributed by atoms with Crippen molar-refractivity contribution in [1.82, 2.24) is 9.29 Å². The molecular weight excluding hydrogens is 280 g/mol. The standard InChI is InChI=1S/C13H22N2O2S2/c1-10(2)19(16,17)15-7-5-13(4,6-8-15)12-14-9-11(3)18-12/h9-10H,5-8H2,1-4H3. The molecule has 0 unspecified atom stereocenters. The van der Waals surface area contributed by atoms with Gasteiger partial charge in [0.15, 0.2) is 0 Å². The van der Waals surface area contributed by atoms with Crippen LogP contribution in [0.1, 0.15) is 43.5 Å². The number of nitrogens with zero attached hydrogens (tertiary/aromatic N) is 2. The molecule has 1 saturated heterocycles. The molecule has 19 heavy (non-hydrogen) atoms. The predicted molar refractivity (Wildman–Crippen MR) is 79.1 cm³/mol. The molecule has 0 N–H and O–H groups in total. The number of hydrogen-bond acceptors (Lipinski definition) is 4. The zero-order valence-electron chi connectivity index (χ0n) is 12.0. The van der Waals surface area contributed by atoms with Gasteiger partial charge in [-0.25, -0.2) is 17.7 Å². The van der Waals surface area contributed by atoms with Gasteiger partial charge in [-0.1, -0.05) is 6.92 Å². The fourth-order valence-corrected chi connectivity index (χ4v) is 4.63. The van der Waals surface area contributed by atoms with Gasteiger partial charge in [0.25, 0.3) is 0 Å². The van der Waals surface area contributed by atoms with Gasteiger partial charge in [-0.2, -0.15) is 0 Å². The first-order chi connectivity index (χ1) is 8.75. The second-order valence-corrected chi connectivity index (χ2v) is 9.55. The van der Waals surface area contributed by atoms with Crippen molar-refractivity contribution in [2.75, 3.05) is 13.1 Å². The minimum absolute atomic E-state index is 0.0297. The molecule has 1 aliphatic heterocycles. The number of aryl methyl sites for hydroxylation is 1. The molecule has 0 spiro atoms. The van der Waals surface area contributed by atoms with E-state index in [9.17, 15) is 8.42 Å². The average molecular weight is 302 g/mol. The summed E-state index contributed by atoms with van der Waals surface area (Å²) in [4.78, 5) is 5.70. The molecule has 1 aromatic rings. The van der Waals surface area contributed by atoms with Crippen LogP contribution in [0.4, 0.5) is 0 Å². The second-order valence-electron chi connectivity index (χ2n) is 5.83. The molecule has 0 aliphatic carbocycles. The highest BCUT2D eigenvalue weighted by molar-refractivity contribution is 7.89. The molecule has 2 rings (SSSR count). The number of aromatic nitrogens is 1. The Bertz CT molecular complexity index is 541. The molecule has 4 nitrogen and oxygen atoms in total. The highest BCUT2D eigenvalue weighted by Crippen LogP contribution is 2.37. The summed E-state index contributed by atoms with van der Waals surface area (Å²) in [6.07, 6.45) is 3.61. The molecule has 1 aromatic heterocycles. The summed E-state index contributed by atoms with van der Waals surface area (Å²) < 4.78 is 25.9. The van der Waals surface area contributed by atoms with Crippen LogP contribution in [0.2, 0.25) is 0 Å². The zero-order chi connectivity index (χ0) is 14.3. The first-order valence-corrected chi connectivity index (χ1v) is 8.99. The summed E-state index contributed by atoms with van der Waals surface area (Å²) >= 11 is 1.73. The van der Waals surface area contributed by atoms with Gasteiger partial charge in [0, 0.05) is 29.6 Å². The van der Waals surface area contributed by atoms with Crippen LogP contribution in [0, 0.1) is 6.92 Å². The molecule has 2 heterocycles. The lowest BCUT2D eigenvalue weighted by Gasteiger charge is -2.38. The van der Waals surface area contributed by atoms with Crippen molar-refractivity contribution in [1.29, 1.82) is 0 Å². The van der Waals surface area contributed by atoms with Crippen molar-refractivity contribution < 1.29 is 8.42 Å². The molecule has 0 atom stereocenters. The number of rotatable bonds is 3. The third kappa shape index (κ3) is 2.85. The van der Waals surface area contributed by atoms with E-state index in [0.29, 0.717) is 13.1 Å². The third-order valence-corrected chi connectivity index (χ3v) is 7.41. The summed E-state index contributed by atoms with van der Waals surface area (Å²) in [7, 11) is -3.11. The first kappa shape index (κ1) is 14.9. The van der Waals surface area contributed by atoms with Crippen LogP contribution < -0.4 is 0 Å². The molecule has 0 saturated carbocycles. The molecule has 0 aromatic carbocycles. The highest BCUT2D eigenvalue weighted by Gasteiger charge is 2.38. The van der Waals surface area contributed by atoms with E-state index in [1.54, 1.807) is 29.5 Å². The number of hydrogen-bond donors (Lipinski definition) is 0. The number of piperidine rings is 1. The van der Waals surface area contributed by atoms with Gasteiger partial charge >= 0.3 is 0 Å². The molecule has 0 bridgehead atoms. The average Bonchev–Trinajstić information content (AvgIpc) is 2.77. The van der Waals surface area contributed by atoms with Crippen LogP contribution >= 0.6 is 11.3 Å². The van der Waals surface area contributed by atoms with E-state index in [-0.39, 0.29) is 10.7 Å². The quantitative estimate of drug-likeness (QED) is 0.862. The Morgan fingerprint density at radius 1 is 1.37 bits per heavy atom. The summed E-state index contributed by atoms with van der Waals surface area (Å²) in [6, 6.07) is 0. The molecule has 108 valence electrons. The minimum Gasteiger partial charge on any atom is -0.249 e. The van der Waals surface area contributed by atoms with E-state index in [1.165, 1.54) is 4.88 Å². The van der Waals surface area contributed by atoms with E-state index in [1.807, 2.05) is 6.20 Å². The van der Waals surface area contributed by atoms with Gasteiger partial charge < -0.3 is 0 Å². The summed E-state index contributed by atoms with van der Waals surface area (Å²) in [5.74, 6) is 0. The van der Waals surface area contributed by atoms with Crippen molar-refractivity contribution >= 4 is 21.4 Å². The molecule has 6 heteroatoms. The van der Waals surface area contributed by atoms with Gasteiger partial charge in [0.05, 0.1) is 10.3 Å². The smallest absolute Gasteiger partial charge is 0.216 e. The van der Waals surface area contributed by atoms with Crippen molar-refractivity contribution in [3.05, 3.63) is 16.1 Å². The lowest BCUT2D eigenvalue weighted by molar-refractivity contribution is 0.247. The Balaban J connectivity index is 2.11. The van der Waals surface area contributed by atoms with E-state index in [0.717, 1.165) is 17.8 Å². The van der Waals surface area contributed by atoms with Crippen LogP contribution in [0.3, 0.4) is 0 Å². The maximum absolute atomic E-state index is 12.1. The SMILES string of the molecule is Cc1cnc(C2(C)CCN(S(=O)(=O)C(C)C)CC2)s1. The molecular formula is C13H22N2O2S2. The summed E-state index contributed by atoms with van der Waals surface area (Å²) in [6.45, 7) is 8.96. The summed E-state index contributed by atoms with van der Waals surface area (Å²) in [5.41, 5.74) is 0.0297. The van der Waals surface area contributed by atoms with Crippen molar-refractivity contribution in [2.24, 2.45) is 0 Å². The zero-order valence-corrected chi connectivity index (χ0v) is 13.6. The predicted octanol–water partition coefficient (Wildman–Crippen LogP) is 2.54. The first-order valence-electron chi connectivity index (χ1n) is 6.67. The topological polar surface area (TPSA) is 50.3 Å². The van der Waals surface area contributed by atoms with Crippen LogP contribution in [0.25, 0.3) is 0 Å². The van der Waals surface area contributed by atoms with Crippen molar-refractivity contribution in [2.45, 2.75) is 51.2 Å². The Morgan fingerprint density at radius 2 is 1.95 bits per heavy atom. The molecule has 0 amide bonds. The second kappa shape index (κ2) is 5.14. The van der Waals surface area contributed by atoms with Crippen LogP contribution in [0.15, 0.2) is 6.20 Å². The monoisotopic (exact) mass is 302 g/mol. The van der Waals surface area contributed by atoms with E-state index in [2.05, 4.69) is 18.8 Å². The normalized spacial score (nSPS) is 20.9. The Kier molecular flexibility index (Phi) is 4.05. The Labute approximate surface area is 119 Å². The fraction of sp³-hybridized carbons (Fsp3) is 0.769. The minimum atomic E-state index is -3.11. The third-order valence-electron chi connectivity index (χ3n) is 3.92. The largest absolute Gasteiger partial charge is 0.249 e. The van der Waals surface area contributed by atoms with E-state index < -0.39 is 10.0 Å².